The number of nitrogens with two attached hydrogens (primary N) is 2. The number of hydrogen-bond donors (Lipinski definition) is 2. The number of nitrogens with zero attached hydrogens (tertiary/aromatic N) is 1. The lowest BCUT2D eigenvalue weighted by atomic mass is 9.91. The average molecular weight is 319 g/mol. The molecule has 0 fully saturated rings. The number of nitrogen functional groups attached to an aromatic ring is 2. The maximum absolute atomic E-state index is 11.4. The lowest BCUT2D eigenvalue weighted by Gasteiger charge is -2.16. The molecule has 0 radical (unpaired) electrons. The fourth-order valence-electron chi connectivity index (χ4n) is 3.31. The number of nitroso groups, excluding NO2 is 1. The van der Waals surface area contributed by atoms with E-state index in [1.54, 1.807) is 24.3 Å². The third-order valence-electron chi connectivity index (χ3n) is 4.25. The molecule has 4 aromatic rings. The van der Waals surface area contributed by atoms with Crippen LogP contribution in [0.5, 0.6) is 5.75 Å². The summed E-state index contributed by atoms with van der Waals surface area (Å²) in [6.07, 6.45) is 0. The fraction of sp³-hybridized carbons (Fsp3) is 0.0556. The SMILES string of the molecule is CC(=O)Oc1cc(N)c2ccc3c(N)cc(N=O)c4ccc1c2c34. The summed E-state index contributed by atoms with van der Waals surface area (Å²) < 4.78 is 5.30. The van der Waals surface area contributed by atoms with Gasteiger partial charge in [0.25, 0.3) is 0 Å². The minimum atomic E-state index is -0.431. The van der Waals surface area contributed by atoms with E-state index in [0.717, 1.165) is 26.9 Å². The van der Waals surface area contributed by atoms with Gasteiger partial charge in [-0.1, -0.05) is 18.2 Å². The first-order chi connectivity index (χ1) is 11.5. The van der Waals surface area contributed by atoms with E-state index < -0.39 is 5.97 Å². The van der Waals surface area contributed by atoms with E-state index in [9.17, 15) is 9.70 Å². The second kappa shape index (κ2) is 4.79. The highest BCUT2D eigenvalue weighted by molar-refractivity contribution is 6.29. The van der Waals surface area contributed by atoms with Crippen molar-refractivity contribution in [3.05, 3.63) is 41.3 Å². The molecule has 6 nitrogen and oxygen atoms in total. The van der Waals surface area contributed by atoms with Gasteiger partial charge in [0.15, 0.2) is 0 Å². The number of carbonyl (C=O) groups is 1. The molecule has 6 heteroatoms. The van der Waals surface area contributed by atoms with Crippen LogP contribution in [0.3, 0.4) is 0 Å². The van der Waals surface area contributed by atoms with Crippen LogP contribution in [0.4, 0.5) is 17.1 Å². The Bertz CT molecular complexity index is 1150. The Labute approximate surface area is 136 Å². The Kier molecular flexibility index (Phi) is 2.83. The van der Waals surface area contributed by atoms with Gasteiger partial charge >= 0.3 is 5.97 Å². The molecule has 0 aliphatic carbocycles. The molecule has 24 heavy (non-hydrogen) atoms. The van der Waals surface area contributed by atoms with Crippen LogP contribution in [0.25, 0.3) is 32.3 Å². The van der Waals surface area contributed by atoms with Gasteiger partial charge in [0, 0.05) is 56.7 Å². The van der Waals surface area contributed by atoms with Gasteiger partial charge in [-0.05, 0) is 17.3 Å². The Morgan fingerprint density at radius 3 is 2.08 bits per heavy atom. The molecule has 4 rings (SSSR count). The van der Waals surface area contributed by atoms with Crippen molar-refractivity contribution < 1.29 is 9.53 Å². The molecular formula is C18H13N3O3. The molecule has 118 valence electrons. The minimum Gasteiger partial charge on any atom is -0.426 e. The smallest absolute Gasteiger partial charge is 0.308 e. The maximum atomic E-state index is 11.4. The van der Waals surface area contributed by atoms with E-state index >= 15 is 0 Å². The first-order valence-corrected chi connectivity index (χ1v) is 7.32. The lowest BCUT2D eigenvalue weighted by Crippen LogP contribution is -2.03. The Hall–Kier alpha value is -3.41. The monoisotopic (exact) mass is 319 g/mol. The van der Waals surface area contributed by atoms with Gasteiger partial charge in [-0.15, -0.1) is 4.91 Å². The fourth-order valence-corrected chi connectivity index (χ4v) is 3.31. The van der Waals surface area contributed by atoms with Gasteiger partial charge < -0.3 is 16.2 Å². The molecule has 0 amide bonds. The average Bonchev–Trinajstić information content (AvgIpc) is 2.55. The van der Waals surface area contributed by atoms with Gasteiger partial charge in [0.05, 0.1) is 0 Å². The van der Waals surface area contributed by atoms with Gasteiger partial charge in [-0.3, -0.25) is 4.79 Å². The molecule has 0 unspecified atom stereocenters. The highest BCUT2D eigenvalue weighted by atomic mass is 16.5. The zero-order chi connectivity index (χ0) is 17.0. The molecule has 0 bridgehead atoms. The number of ether oxygens (including phenoxy) is 1. The lowest BCUT2D eigenvalue weighted by molar-refractivity contribution is -0.131. The number of esters is 1. The van der Waals surface area contributed by atoms with Gasteiger partial charge in [0.1, 0.15) is 11.4 Å². The Balaban J connectivity index is 2.30. The normalized spacial score (nSPS) is 11.4. The molecule has 0 aliphatic rings. The Morgan fingerprint density at radius 1 is 0.917 bits per heavy atom. The summed E-state index contributed by atoms with van der Waals surface area (Å²) in [7, 11) is 0. The van der Waals surface area contributed by atoms with Crippen LogP contribution in [0.15, 0.2) is 41.6 Å². The molecule has 0 heterocycles. The molecule has 0 spiro atoms. The number of anilines is 2. The summed E-state index contributed by atoms with van der Waals surface area (Å²) in [5.74, 6) is -0.0517. The first kappa shape index (κ1) is 14.2. The van der Waals surface area contributed by atoms with E-state index in [0.29, 0.717) is 22.5 Å². The van der Waals surface area contributed by atoms with Crippen molar-refractivity contribution in [1.29, 1.82) is 0 Å². The molecule has 0 saturated carbocycles. The first-order valence-electron chi connectivity index (χ1n) is 7.32. The van der Waals surface area contributed by atoms with Gasteiger partial charge in [-0.25, -0.2) is 0 Å². The zero-order valence-electron chi connectivity index (χ0n) is 12.8. The molecule has 0 atom stereocenters. The molecule has 0 saturated heterocycles. The highest BCUT2D eigenvalue weighted by Gasteiger charge is 2.18. The minimum absolute atomic E-state index is 0.269. The number of carbonyl (C=O) groups excluding carboxylic acids is 1. The summed E-state index contributed by atoms with van der Waals surface area (Å²) in [4.78, 5) is 22.6. The van der Waals surface area contributed by atoms with Crippen molar-refractivity contribution in [1.82, 2.24) is 0 Å². The van der Waals surface area contributed by atoms with Gasteiger partial charge in [0.2, 0.25) is 0 Å². The largest absolute Gasteiger partial charge is 0.426 e. The van der Waals surface area contributed by atoms with Crippen LogP contribution in [-0.2, 0) is 4.79 Å². The predicted octanol–water partition coefficient (Wildman–Crippen LogP) is 4.07. The van der Waals surface area contributed by atoms with Crippen molar-refractivity contribution in [2.24, 2.45) is 5.18 Å². The standard InChI is InChI=1S/C18H13N3O3/c1-8(22)24-16-7-14(20)10-3-2-9-13(19)6-15(21-23)11-4-5-12(16)18(10)17(9)11/h2-7H,19-20H2,1H3. The molecule has 0 aromatic heterocycles. The van der Waals surface area contributed by atoms with E-state index in [1.807, 2.05) is 12.1 Å². The number of hydrogen-bond acceptors (Lipinski definition) is 6. The van der Waals surface area contributed by atoms with Crippen molar-refractivity contribution >= 4 is 55.3 Å². The van der Waals surface area contributed by atoms with Crippen LogP contribution in [0.1, 0.15) is 6.92 Å². The molecule has 4 N–H and O–H groups in total. The van der Waals surface area contributed by atoms with Crippen molar-refractivity contribution in [3.8, 4) is 5.75 Å². The van der Waals surface area contributed by atoms with Crippen molar-refractivity contribution in [2.45, 2.75) is 6.92 Å². The highest BCUT2D eigenvalue weighted by Crippen LogP contribution is 2.45. The van der Waals surface area contributed by atoms with Crippen LogP contribution in [0, 0.1) is 4.91 Å². The topological polar surface area (TPSA) is 108 Å². The third-order valence-corrected chi connectivity index (χ3v) is 4.25. The molecular weight excluding hydrogens is 306 g/mol. The summed E-state index contributed by atoms with van der Waals surface area (Å²) in [6.45, 7) is 1.33. The second-order valence-electron chi connectivity index (χ2n) is 5.71. The second-order valence-corrected chi connectivity index (χ2v) is 5.71. The van der Waals surface area contributed by atoms with Crippen molar-refractivity contribution in [3.63, 3.8) is 0 Å². The zero-order valence-corrected chi connectivity index (χ0v) is 12.8. The van der Waals surface area contributed by atoms with Crippen molar-refractivity contribution in [2.75, 3.05) is 11.5 Å². The summed E-state index contributed by atoms with van der Waals surface area (Å²) >= 11 is 0. The van der Waals surface area contributed by atoms with Crippen LogP contribution < -0.4 is 16.2 Å². The summed E-state index contributed by atoms with van der Waals surface area (Å²) in [5.41, 5.74) is 13.4. The molecule has 4 aromatic carbocycles. The van der Waals surface area contributed by atoms with E-state index in [2.05, 4.69) is 5.18 Å². The quantitative estimate of drug-likeness (QED) is 0.190. The third kappa shape index (κ3) is 1.80. The van der Waals surface area contributed by atoms with Crippen LogP contribution in [0.2, 0.25) is 0 Å². The van der Waals surface area contributed by atoms with E-state index in [1.165, 1.54) is 6.92 Å². The maximum Gasteiger partial charge on any atom is 0.308 e. The van der Waals surface area contributed by atoms with E-state index in [-0.39, 0.29) is 5.69 Å². The van der Waals surface area contributed by atoms with Gasteiger partial charge in [-0.2, -0.15) is 0 Å². The summed E-state index contributed by atoms with van der Waals surface area (Å²) in [6, 6.07) is 10.5. The van der Waals surface area contributed by atoms with Crippen LogP contribution in [-0.4, -0.2) is 5.97 Å². The van der Waals surface area contributed by atoms with Crippen LogP contribution >= 0.6 is 0 Å². The van der Waals surface area contributed by atoms with E-state index in [4.69, 9.17) is 16.2 Å². The number of rotatable bonds is 2. The number of benzene rings is 4. The Morgan fingerprint density at radius 2 is 1.46 bits per heavy atom. The summed E-state index contributed by atoms with van der Waals surface area (Å²) in [5, 5.41) is 7.71. The molecule has 0 aliphatic heterocycles. The predicted molar refractivity (Wildman–Crippen MR) is 95.7 cm³/mol.